The van der Waals surface area contributed by atoms with Crippen LogP contribution in [-0.4, -0.2) is 36.6 Å². The molecule has 0 fully saturated rings. The van der Waals surface area contributed by atoms with Crippen LogP contribution in [0.4, 0.5) is 0 Å². The molecule has 0 atom stereocenters. The Kier molecular flexibility index (Phi) is 4.71. The van der Waals surface area contributed by atoms with Crippen LogP contribution in [0.1, 0.15) is 5.56 Å². The number of hydrogen-bond acceptors (Lipinski definition) is 6. The van der Waals surface area contributed by atoms with Crippen LogP contribution in [0.25, 0.3) is 22.4 Å². The predicted octanol–water partition coefficient (Wildman–Crippen LogP) is 3.66. The highest BCUT2D eigenvalue weighted by Crippen LogP contribution is 2.32. The maximum Gasteiger partial charge on any atom is 0.269 e. The number of fused-ring (bicyclic) bond motifs is 1. The molecule has 4 rings (SSSR count). The van der Waals surface area contributed by atoms with E-state index in [-0.39, 0.29) is 10.5 Å². The summed E-state index contributed by atoms with van der Waals surface area (Å²) in [5.41, 5.74) is 3.12. The van der Waals surface area contributed by atoms with Crippen molar-refractivity contribution in [3.8, 4) is 22.8 Å². The summed E-state index contributed by atoms with van der Waals surface area (Å²) in [4.78, 5) is 9.15. The van der Waals surface area contributed by atoms with Gasteiger partial charge in [0, 0.05) is 11.8 Å². The summed E-state index contributed by atoms with van der Waals surface area (Å²) in [6.07, 6.45) is 3.02. The number of nitrogens with zero attached hydrogens (tertiary/aromatic N) is 3. The molecule has 0 bridgehead atoms. The van der Waals surface area contributed by atoms with E-state index in [9.17, 15) is 8.42 Å². The van der Waals surface area contributed by atoms with Gasteiger partial charge in [-0.3, -0.25) is 0 Å². The highest BCUT2D eigenvalue weighted by atomic mass is 32.2. The van der Waals surface area contributed by atoms with Crippen LogP contribution in [0, 0.1) is 6.92 Å². The molecule has 0 unspecified atom stereocenters. The third-order valence-electron chi connectivity index (χ3n) is 4.61. The number of ether oxygens (including phenoxy) is 2. The van der Waals surface area contributed by atoms with Crippen molar-refractivity contribution >= 4 is 21.2 Å². The van der Waals surface area contributed by atoms with Gasteiger partial charge in [-0.2, -0.15) is 0 Å². The average Bonchev–Trinajstić information content (AvgIpc) is 3.17. The first-order valence-electron chi connectivity index (χ1n) is 8.83. The van der Waals surface area contributed by atoms with E-state index in [1.165, 1.54) is 6.20 Å². The molecule has 0 amide bonds. The number of aromatic nitrogens is 3. The van der Waals surface area contributed by atoms with Crippen LogP contribution < -0.4 is 9.47 Å². The van der Waals surface area contributed by atoms with Crippen molar-refractivity contribution in [2.45, 2.75) is 11.8 Å². The fraction of sp³-hybridized carbons (Fsp3) is 0.143. The Morgan fingerprint density at radius 3 is 2.34 bits per heavy atom. The van der Waals surface area contributed by atoms with Gasteiger partial charge in [-0.05, 0) is 43.3 Å². The van der Waals surface area contributed by atoms with Gasteiger partial charge in [0.2, 0.25) is 0 Å². The molecular formula is C21H19N3O4S. The molecular weight excluding hydrogens is 390 g/mol. The monoisotopic (exact) mass is 409 g/mol. The summed E-state index contributed by atoms with van der Waals surface area (Å²) in [5, 5.41) is 0. The van der Waals surface area contributed by atoms with E-state index in [0.717, 1.165) is 15.1 Å². The minimum absolute atomic E-state index is 0.200. The Morgan fingerprint density at radius 2 is 1.66 bits per heavy atom. The fourth-order valence-electron chi connectivity index (χ4n) is 3.04. The van der Waals surface area contributed by atoms with Gasteiger partial charge in [-0.1, -0.05) is 17.7 Å². The van der Waals surface area contributed by atoms with Crippen molar-refractivity contribution in [1.82, 2.24) is 13.9 Å². The molecule has 0 N–H and O–H groups in total. The fourth-order valence-corrected chi connectivity index (χ4v) is 4.34. The van der Waals surface area contributed by atoms with Gasteiger partial charge in [0.1, 0.15) is 5.52 Å². The van der Waals surface area contributed by atoms with E-state index < -0.39 is 10.0 Å². The molecule has 0 aliphatic carbocycles. The van der Waals surface area contributed by atoms with E-state index in [0.29, 0.717) is 22.7 Å². The minimum Gasteiger partial charge on any atom is -0.493 e. The number of hydrogen-bond donors (Lipinski definition) is 0. The van der Waals surface area contributed by atoms with Crippen LogP contribution in [0.2, 0.25) is 0 Å². The summed E-state index contributed by atoms with van der Waals surface area (Å²) in [5.74, 6) is 1.19. The third-order valence-corrected chi connectivity index (χ3v) is 6.29. The largest absolute Gasteiger partial charge is 0.493 e. The Hall–Kier alpha value is -3.39. The quantitative estimate of drug-likeness (QED) is 0.500. The second kappa shape index (κ2) is 7.21. The standard InChI is InChI=1S/C21H19N3O4S/c1-14-4-7-16(8-5-14)29(25,26)24-11-10-17-21(24)22-13-18(23-17)15-6-9-19(27-2)20(12-15)28-3/h4-13H,1-3H3. The van der Waals surface area contributed by atoms with Gasteiger partial charge >= 0.3 is 0 Å². The van der Waals surface area contributed by atoms with Crippen LogP contribution in [0.3, 0.4) is 0 Å². The van der Waals surface area contributed by atoms with Crippen molar-refractivity contribution in [2.24, 2.45) is 0 Å². The van der Waals surface area contributed by atoms with Crippen molar-refractivity contribution in [1.29, 1.82) is 0 Å². The van der Waals surface area contributed by atoms with Gasteiger partial charge in [-0.15, -0.1) is 0 Å². The maximum absolute atomic E-state index is 13.0. The molecule has 0 aliphatic rings. The van der Waals surface area contributed by atoms with E-state index in [1.807, 2.05) is 13.0 Å². The Morgan fingerprint density at radius 1 is 0.931 bits per heavy atom. The first-order chi connectivity index (χ1) is 13.9. The summed E-state index contributed by atoms with van der Waals surface area (Å²) in [7, 11) is -0.626. The number of benzene rings is 2. The van der Waals surface area contributed by atoms with Crippen molar-refractivity contribution in [2.75, 3.05) is 14.2 Å². The zero-order valence-corrected chi connectivity index (χ0v) is 17.0. The molecule has 8 heteroatoms. The Bertz CT molecular complexity index is 1300. The molecule has 0 radical (unpaired) electrons. The average molecular weight is 409 g/mol. The zero-order chi connectivity index (χ0) is 20.6. The van der Waals surface area contributed by atoms with Crippen LogP contribution in [0.15, 0.2) is 65.8 Å². The van der Waals surface area contributed by atoms with Crippen LogP contribution >= 0.6 is 0 Å². The van der Waals surface area contributed by atoms with Gasteiger partial charge in [0.25, 0.3) is 10.0 Å². The van der Waals surface area contributed by atoms with Gasteiger partial charge < -0.3 is 9.47 Å². The lowest BCUT2D eigenvalue weighted by atomic mass is 10.1. The van der Waals surface area contributed by atoms with E-state index in [2.05, 4.69) is 9.97 Å². The van der Waals surface area contributed by atoms with Crippen LogP contribution in [0.5, 0.6) is 11.5 Å². The molecule has 0 spiro atoms. The molecule has 2 aromatic carbocycles. The lowest BCUT2D eigenvalue weighted by molar-refractivity contribution is 0.355. The smallest absolute Gasteiger partial charge is 0.269 e. The van der Waals surface area contributed by atoms with Crippen molar-refractivity contribution in [3.63, 3.8) is 0 Å². The lowest BCUT2D eigenvalue weighted by Crippen LogP contribution is -2.12. The molecule has 7 nitrogen and oxygen atoms in total. The molecule has 0 saturated carbocycles. The first kappa shape index (κ1) is 18.9. The lowest BCUT2D eigenvalue weighted by Gasteiger charge is -2.10. The van der Waals surface area contributed by atoms with Gasteiger partial charge in [0.05, 0.1) is 31.0 Å². The first-order valence-corrected chi connectivity index (χ1v) is 10.3. The van der Waals surface area contributed by atoms with Gasteiger partial charge in [-0.25, -0.2) is 22.4 Å². The molecule has 0 aliphatic heterocycles. The maximum atomic E-state index is 13.0. The molecule has 2 aromatic heterocycles. The summed E-state index contributed by atoms with van der Waals surface area (Å²) < 4.78 is 37.7. The van der Waals surface area contributed by atoms with E-state index >= 15 is 0 Å². The molecule has 148 valence electrons. The molecule has 29 heavy (non-hydrogen) atoms. The molecule has 0 saturated heterocycles. The highest BCUT2D eigenvalue weighted by Gasteiger charge is 2.20. The van der Waals surface area contributed by atoms with Crippen molar-refractivity contribution in [3.05, 3.63) is 66.5 Å². The zero-order valence-electron chi connectivity index (χ0n) is 16.2. The summed E-state index contributed by atoms with van der Waals surface area (Å²) >= 11 is 0. The normalized spacial score (nSPS) is 11.6. The third kappa shape index (κ3) is 3.31. The van der Waals surface area contributed by atoms with Crippen LogP contribution in [-0.2, 0) is 10.0 Å². The molecule has 2 heterocycles. The second-order valence-electron chi connectivity index (χ2n) is 6.46. The summed E-state index contributed by atoms with van der Waals surface area (Å²) in [6, 6.07) is 13.8. The molecule has 4 aromatic rings. The van der Waals surface area contributed by atoms with Crippen molar-refractivity contribution < 1.29 is 17.9 Å². The topological polar surface area (TPSA) is 83.3 Å². The second-order valence-corrected chi connectivity index (χ2v) is 8.28. The highest BCUT2D eigenvalue weighted by molar-refractivity contribution is 7.90. The van der Waals surface area contributed by atoms with Gasteiger partial charge in [0.15, 0.2) is 17.1 Å². The number of aryl methyl sites for hydroxylation is 1. The van der Waals surface area contributed by atoms with E-state index in [1.54, 1.807) is 62.9 Å². The number of methoxy groups -OCH3 is 2. The number of rotatable bonds is 5. The minimum atomic E-state index is -3.76. The Balaban J connectivity index is 1.78. The van der Waals surface area contributed by atoms with E-state index in [4.69, 9.17) is 9.47 Å². The Labute approximate surface area is 168 Å². The SMILES string of the molecule is COc1ccc(-c2cnc3c(ccn3S(=O)(=O)c3ccc(C)cc3)n2)cc1OC. The summed E-state index contributed by atoms with van der Waals surface area (Å²) in [6.45, 7) is 1.91. The predicted molar refractivity (Wildman–Crippen MR) is 110 cm³/mol.